The van der Waals surface area contributed by atoms with Crippen molar-refractivity contribution in [2.75, 3.05) is 17.3 Å². The van der Waals surface area contributed by atoms with E-state index < -0.39 is 0 Å². The molecule has 0 aromatic carbocycles. The van der Waals surface area contributed by atoms with Gasteiger partial charge in [-0.25, -0.2) is 10.8 Å². The Kier molecular flexibility index (Phi) is 3.30. The summed E-state index contributed by atoms with van der Waals surface area (Å²) >= 11 is 1.56. The number of furan rings is 1. The molecule has 0 unspecified atom stereocenters. The highest BCUT2D eigenvalue weighted by atomic mass is 32.1. The van der Waals surface area contributed by atoms with E-state index in [1.165, 1.54) is 0 Å². The van der Waals surface area contributed by atoms with Gasteiger partial charge in [0, 0.05) is 13.0 Å². The van der Waals surface area contributed by atoms with E-state index in [4.69, 9.17) is 10.3 Å². The monoisotopic (exact) mass is 275 g/mol. The number of rotatable bonds is 5. The van der Waals surface area contributed by atoms with E-state index >= 15 is 0 Å². The Bertz CT molecular complexity index is 664. The number of hydrogen-bond donors (Lipinski definition) is 3. The number of nitrogen functional groups attached to an aromatic ring is 1. The van der Waals surface area contributed by atoms with Crippen LogP contribution >= 0.6 is 11.3 Å². The molecule has 0 saturated carbocycles. The molecule has 0 atom stereocenters. The molecule has 3 rings (SSSR count). The van der Waals surface area contributed by atoms with Crippen molar-refractivity contribution in [2.24, 2.45) is 5.84 Å². The second-order valence-corrected chi connectivity index (χ2v) is 4.83. The number of hydrazine groups is 1. The standard InChI is InChI=1S/C12H13N5OS/c13-17-12-15-10(9-4-7-19-11(9)16-12)14-5-3-8-2-1-6-18-8/h1-2,4,6-7H,3,5,13H2,(H2,14,15,16,17). The third kappa shape index (κ3) is 2.51. The molecular weight excluding hydrogens is 262 g/mol. The lowest BCUT2D eigenvalue weighted by Gasteiger charge is -2.07. The SMILES string of the molecule is NNc1nc(NCCc2ccco2)c2ccsc2n1. The van der Waals surface area contributed by atoms with Gasteiger partial charge in [-0.3, -0.25) is 5.43 Å². The van der Waals surface area contributed by atoms with Gasteiger partial charge in [0.25, 0.3) is 0 Å². The molecule has 98 valence electrons. The quantitative estimate of drug-likeness (QED) is 0.489. The summed E-state index contributed by atoms with van der Waals surface area (Å²) in [7, 11) is 0. The van der Waals surface area contributed by atoms with Crippen LogP contribution < -0.4 is 16.6 Å². The van der Waals surface area contributed by atoms with Crippen LogP contribution in [0.5, 0.6) is 0 Å². The number of nitrogens with one attached hydrogen (secondary N) is 2. The van der Waals surface area contributed by atoms with E-state index in [1.54, 1.807) is 17.6 Å². The molecule has 0 spiro atoms. The maximum atomic E-state index is 5.37. The fourth-order valence-corrected chi connectivity index (χ4v) is 2.58. The molecule has 6 nitrogen and oxygen atoms in total. The fraction of sp³-hybridized carbons (Fsp3) is 0.167. The molecule has 3 heterocycles. The third-order valence-corrected chi connectivity index (χ3v) is 3.50. The molecule has 19 heavy (non-hydrogen) atoms. The Balaban J connectivity index is 1.77. The van der Waals surface area contributed by atoms with Crippen molar-refractivity contribution in [3.05, 3.63) is 35.6 Å². The summed E-state index contributed by atoms with van der Waals surface area (Å²) in [5, 5.41) is 6.27. The lowest BCUT2D eigenvalue weighted by Crippen LogP contribution is -2.13. The van der Waals surface area contributed by atoms with Crippen molar-refractivity contribution in [2.45, 2.75) is 6.42 Å². The van der Waals surface area contributed by atoms with Gasteiger partial charge in [0.1, 0.15) is 16.4 Å². The number of aromatic nitrogens is 2. The number of thiophene rings is 1. The first-order valence-electron chi connectivity index (χ1n) is 5.85. The molecule has 0 aliphatic heterocycles. The van der Waals surface area contributed by atoms with E-state index in [9.17, 15) is 0 Å². The fourth-order valence-electron chi connectivity index (χ4n) is 1.81. The van der Waals surface area contributed by atoms with E-state index in [2.05, 4.69) is 20.7 Å². The lowest BCUT2D eigenvalue weighted by atomic mass is 10.3. The molecule has 0 amide bonds. The average molecular weight is 275 g/mol. The lowest BCUT2D eigenvalue weighted by molar-refractivity contribution is 0.513. The van der Waals surface area contributed by atoms with Gasteiger partial charge < -0.3 is 9.73 Å². The zero-order valence-electron chi connectivity index (χ0n) is 10.1. The molecule has 3 aromatic rings. The van der Waals surface area contributed by atoms with Crippen LogP contribution in [0.2, 0.25) is 0 Å². The topological polar surface area (TPSA) is 89.0 Å². The van der Waals surface area contributed by atoms with Gasteiger partial charge in [-0.05, 0) is 23.6 Å². The zero-order valence-corrected chi connectivity index (χ0v) is 10.9. The average Bonchev–Trinajstić information content (AvgIpc) is 3.08. The van der Waals surface area contributed by atoms with Crippen molar-refractivity contribution in [1.82, 2.24) is 9.97 Å². The molecule has 0 radical (unpaired) electrons. The van der Waals surface area contributed by atoms with Crippen molar-refractivity contribution in [3.63, 3.8) is 0 Å². The van der Waals surface area contributed by atoms with Crippen LogP contribution in [-0.4, -0.2) is 16.5 Å². The van der Waals surface area contributed by atoms with Crippen LogP contribution in [0.1, 0.15) is 5.76 Å². The second kappa shape index (κ2) is 5.25. The van der Waals surface area contributed by atoms with Crippen LogP contribution in [0.4, 0.5) is 11.8 Å². The van der Waals surface area contributed by atoms with Crippen LogP contribution in [0, 0.1) is 0 Å². The Labute approximate surface area is 113 Å². The molecule has 0 aliphatic rings. The van der Waals surface area contributed by atoms with Crippen LogP contribution in [0.25, 0.3) is 10.2 Å². The second-order valence-electron chi connectivity index (χ2n) is 3.94. The molecule has 4 N–H and O–H groups in total. The van der Waals surface area contributed by atoms with Crippen LogP contribution in [-0.2, 0) is 6.42 Å². The molecule has 7 heteroatoms. The number of fused-ring (bicyclic) bond motifs is 1. The van der Waals surface area contributed by atoms with Gasteiger partial charge >= 0.3 is 0 Å². The van der Waals surface area contributed by atoms with Crippen LogP contribution in [0.15, 0.2) is 34.3 Å². The summed E-state index contributed by atoms with van der Waals surface area (Å²) in [5.74, 6) is 7.51. The zero-order chi connectivity index (χ0) is 13.1. The Morgan fingerprint density at radius 1 is 1.32 bits per heavy atom. The van der Waals surface area contributed by atoms with Gasteiger partial charge in [-0.2, -0.15) is 4.98 Å². The van der Waals surface area contributed by atoms with Crippen molar-refractivity contribution < 1.29 is 4.42 Å². The molecular formula is C12H13N5OS. The molecule has 0 saturated heterocycles. The van der Waals surface area contributed by atoms with Crippen molar-refractivity contribution in [3.8, 4) is 0 Å². The first-order valence-corrected chi connectivity index (χ1v) is 6.73. The van der Waals surface area contributed by atoms with Gasteiger partial charge in [0.05, 0.1) is 11.6 Å². The largest absolute Gasteiger partial charge is 0.469 e. The highest BCUT2D eigenvalue weighted by Crippen LogP contribution is 2.26. The number of anilines is 2. The summed E-state index contributed by atoms with van der Waals surface area (Å²) in [6.45, 7) is 0.736. The van der Waals surface area contributed by atoms with Gasteiger partial charge in [0.2, 0.25) is 5.95 Å². The summed E-state index contributed by atoms with van der Waals surface area (Å²) in [5.41, 5.74) is 2.48. The summed E-state index contributed by atoms with van der Waals surface area (Å²) in [6.07, 6.45) is 2.47. The minimum absolute atomic E-state index is 0.412. The van der Waals surface area contributed by atoms with Gasteiger partial charge in [-0.1, -0.05) is 0 Å². The summed E-state index contributed by atoms with van der Waals surface area (Å²) in [4.78, 5) is 9.52. The van der Waals surface area contributed by atoms with E-state index in [0.717, 1.165) is 34.8 Å². The number of nitrogens with two attached hydrogens (primary N) is 1. The smallest absolute Gasteiger partial charge is 0.240 e. The number of hydrogen-bond acceptors (Lipinski definition) is 7. The third-order valence-electron chi connectivity index (χ3n) is 2.70. The first kappa shape index (κ1) is 11.9. The molecule has 0 bridgehead atoms. The number of nitrogens with zero attached hydrogens (tertiary/aromatic N) is 2. The molecule has 3 aromatic heterocycles. The van der Waals surface area contributed by atoms with Crippen molar-refractivity contribution >= 4 is 33.3 Å². The van der Waals surface area contributed by atoms with Crippen LogP contribution in [0.3, 0.4) is 0 Å². The normalized spacial score (nSPS) is 10.8. The summed E-state index contributed by atoms with van der Waals surface area (Å²) < 4.78 is 5.29. The highest BCUT2D eigenvalue weighted by molar-refractivity contribution is 7.16. The minimum Gasteiger partial charge on any atom is -0.469 e. The predicted octanol–water partition coefficient (Wildman–Crippen LogP) is 2.22. The van der Waals surface area contributed by atoms with Gasteiger partial charge in [0.15, 0.2) is 0 Å². The first-order chi connectivity index (χ1) is 9.36. The maximum Gasteiger partial charge on any atom is 0.240 e. The molecule has 0 fully saturated rings. The van der Waals surface area contributed by atoms with Gasteiger partial charge in [-0.15, -0.1) is 11.3 Å². The molecule has 0 aliphatic carbocycles. The van der Waals surface area contributed by atoms with E-state index in [1.807, 2.05) is 23.6 Å². The Morgan fingerprint density at radius 2 is 2.26 bits per heavy atom. The predicted molar refractivity (Wildman–Crippen MR) is 76.1 cm³/mol. The van der Waals surface area contributed by atoms with Crippen molar-refractivity contribution in [1.29, 1.82) is 0 Å². The Morgan fingerprint density at radius 3 is 3.05 bits per heavy atom. The minimum atomic E-state index is 0.412. The van der Waals surface area contributed by atoms with E-state index in [0.29, 0.717) is 5.95 Å². The van der Waals surface area contributed by atoms with E-state index in [-0.39, 0.29) is 0 Å². The maximum absolute atomic E-state index is 5.37. The highest BCUT2D eigenvalue weighted by Gasteiger charge is 2.08. The Hall–Kier alpha value is -2.12. The summed E-state index contributed by atoms with van der Waals surface area (Å²) in [6, 6.07) is 5.83.